The van der Waals surface area contributed by atoms with Crippen LogP contribution in [0.3, 0.4) is 0 Å². The average Bonchev–Trinajstić information content (AvgIpc) is 3.36. The minimum atomic E-state index is -0.500. The van der Waals surface area contributed by atoms with E-state index in [9.17, 15) is 4.79 Å². The normalized spacial score (nSPS) is 10.8. The zero-order valence-corrected chi connectivity index (χ0v) is 14.4. The molecule has 130 valence electrons. The van der Waals surface area contributed by atoms with Crippen molar-refractivity contribution >= 4 is 28.1 Å². The predicted octanol–water partition coefficient (Wildman–Crippen LogP) is 4.07. The van der Waals surface area contributed by atoms with E-state index in [0.29, 0.717) is 17.5 Å². The molecule has 7 heteroatoms. The first-order chi connectivity index (χ1) is 12.8. The minimum absolute atomic E-state index is 0.0620. The van der Waals surface area contributed by atoms with Crippen molar-refractivity contribution in [1.82, 2.24) is 10.1 Å². The lowest BCUT2D eigenvalue weighted by Crippen LogP contribution is -2.15. The molecular weight excluding hydrogens is 352 g/mol. The molecule has 26 heavy (non-hydrogen) atoms. The molecule has 0 unspecified atom stereocenters. The van der Waals surface area contributed by atoms with E-state index in [1.807, 2.05) is 59.3 Å². The number of fused-ring (bicyclic) bond motifs is 1. The monoisotopic (exact) mass is 366 g/mol. The lowest BCUT2D eigenvalue weighted by Gasteiger charge is -2.07. The third kappa shape index (κ3) is 3.73. The van der Waals surface area contributed by atoms with Crippen molar-refractivity contribution in [2.45, 2.75) is 6.61 Å². The predicted molar refractivity (Wildman–Crippen MR) is 96.9 cm³/mol. The average molecular weight is 366 g/mol. The first-order valence-corrected chi connectivity index (χ1v) is 8.84. The maximum Gasteiger partial charge on any atom is 0.344 e. The van der Waals surface area contributed by atoms with Gasteiger partial charge in [0.15, 0.2) is 13.2 Å². The van der Waals surface area contributed by atoms with Crippen LogP contribution in [0.5, 0.6) is 5.75 Å². The van der Waals surface area contributed by atoms with E-state index >= 15 is 0 Å². The van der Waals surface area contributed by atoms with Crippen LogP contribution in [0.25, 0.3) is 22.2 Å². The fourth-order valence-corrected chi connectivity index (χ4v) is 3.03. The van der Waals surface area contributed by atoms with E-state index in [2.05, 4.69) is 10.1 Å². The maximum absolute atomic E-state index is 11.9. The van der Waals surface area contributed by atoms with Crippen LogP contribution in [0.1, 0.15) is 5.82 Å². The number of rotatable bonds is 6. The van der Waals surface area contributed by atoms with Gasteiger partial charge in [-0.2, -0.15) is 16.3 Å². The number of hydrogen-bond acceptors (Lipinski definition) is 7. The van der Waals surface area contributed by atoms with Gasteiger partial charge in [0.05, 0.1) is 5.56 Å². The van der Waals surface area contributed by atoms with Gasteiger partial charge in [-0.1, -0.05) is 35.5 Å². The molecule has 2 aromatic heterocycles. The molecule has 4 aromatic rings. The SMILES string of the molecule is O=C(COc1ccc2ccccc2c1)OCc1noc(-c2ccsc2)n1. The third-order valence-corrected chi connectivity index (χ3v) is 4.36. The molecule has 0 saturated carbocycles. The molecule has 6 nitrogen and oxygen atoms in total. The summed E-state index contributed by atoms with van der Waals surface area (Å²) in [5.41, 5.74) is 0.847. The summed E-state index contributed by atoms with van der Waals surface area (Å²) < 4.78 is 15.7. The van der Waals surface area contributed by atoms with Crippen LogP contribution < -0.4 is 4.74 Å². The highest BCUT2D eigenvalue weighted by molar-refractivity contribution is 7.08. The molecule has 0 saturated heterocycles. The Morgan fingerprint density at radius 3 is 2.85 bits per heavy atom. The molecule has 0 aliphatic heterocycles. The van der Waals surface area contributed by atoms with E-state index in [-0.39, 0.29) is 13.2 Å². The van der Waals surface area contributed by atoms with Crippen molar-refractivity contribution in [3.8, 4) is 17.2 Å². The lowest BCUT2D eigenvalue weighted by molar-refractivity contribution is -0.147. The topological polar surface area (TPSA) is 74.5 Å². The van der Waals surface area contributed by atoms with E-state index in [0.717, 1.165) is 16.3 Å². The van der Waals surface area contributed by atoms with Crippen LogP contribution in [0.2, 0.25) is 0 Å². The molecule has 0 fully saturated rings. The Balaban J connectivity index is 1.30. The minimum Gasteiger partial charge on any atom is -0.482 e. The molecule has 0 aliphatic rings. The molecule has 0 bridgehead atoms. The molecule has 0 spiro atoms. The second-order valence-electron chi connectivity index (χ2n) is 5.49. The largest absolute Gasteiger partial charge is 0.482 e. The highest BCUT2D eigenvalue weighted by Crippen LogP contribution is 2.21. The summed E-state index contributed by atoms with van der Waals surface area (Å²) >= 11 is 1.54. The first kappa shape index (κ1) is 16.3. The van der Waals surface area contributed by atoms with Crippen molar-refractivity contribution < 1.29 is 18.8 Å². The molecule has 0 radical (unpaired) electrons. The number of esters is 1. The number of nitrogens with zero attached hydrogens (tertiary/aromatic N) is 2. The Labute approximate surface area is 153 Å². The van der Waals surface area contributed by atoms with Crippen LogP contribution in [0.15, 0.2) is 63.8 Å². The molecule has 2 aromatic carbocycles. The van der Waals surface area contributed by atoms with Gasteiger partial charge in [0.25, 0.3) is 5.89 Å². The van der Waals surface area contributed by atoms with Gasteiger partial charge < -0.3 is 14.0 Å². The second-order valence-corrected chi connectivity index (χ2v) is 6.27. The van der Waals surface area contributed by atoms with Gasteiger partial charge in [0, 0.05) is 5.38 Å². The van der Waals surface area contributed by atoms with E-state index < -0.39 is 5.97 Å². The number of ether oxygens (including phenoxy) is 2. The van der Waals surface area contributed by atoms with Gasteiger partial charge in [-0.25, -0.2) is 4.79 Å². The molecule has 0 aliphatic carbocycles. The van der Waals surface area contributed by atoms with Gasteiger partial charge in [-0.3, -0.25) is 0 Å². The Kier molecular flexibility index (Phi) is 4.61. The van der Waals surface area contributed by atoms with E-state index in [4.69, 9.17) is 14.0 Å². The molecule has 2 heterocycles. The molecule has 0 amide bonds. The van der Waals surface area contributed by atoms with Crippen molar-refractivity contribution in [2.75, 3.05) is 6.61 Å². The van der Waals surface area contributed by atoms with Crippen LogP contribution in [0, 0.1) is 0 Å². The molecular formula is C19H14N2O4S. The highest BCUT2D eigenvalue weighted by atomic mass is 32.1. The number of hydrogen-bond donors (Lipinski definition) is 0. The lowest BCUT2D eigenvalue weighted by atomic mass is 10.1. The summed E-state index contributed by atoms with van der Waals surface area (Å²) in [7, 11) is 0. The standard InChI is InChI=1S/C19H14N2O4S/c22-18(11-23-16-6-5-13-3-1-2-4-14(13)9-16)24-10-17-20-19(25-21-17)15-7-8-26-12-15/h1-9,12H,10-11H2. The van der Waals surface area contributed by atoms with E-state index in [1.165, 1.54) is 11.3 Å². The van der Waals surface area contributed by atoms with Crippen molar-refractivity contribution in [3.05, 3.63) is 65.1 Å². The summed E-state index contributed by atoms with van der Waals surface area (Å²) in [4.78, 5) is 16.0. The fraction of sp³-hybridized carbons (Fsp3) is 0.105. The van der Waals surface area contributed by atoms with Gasteiger partial charge in [-0.05, 0) is 34.4 Å². The fourth-order valence-electron chi connectivity index (χ4n) is 2.40. The number of carbonyl (C=O) groups excluding carboxylic acids is 1. The molecule has 4 rings (SSSR count). The van der Waals surface area contributed by atoms with E-state index in [1.54, 1.807) is 0 Å². The maximum atomic E-state index is 11.9. The Hall–Kier alpha value is -3.19. The van der Waals surface area contributed by atoms with Crippen LogP contribution in [-0.4, -0.2) is 22.7 Å². The number of benzene rings is 2. The van der Waals surface area contributed by atoms with Crippen molar-refractivity contribution in [2.24, 2.45) is 0 Å². The van der Waals surface area contributed by atoms with Gasteiger partial charge in [0.2, 0.25) is 5.82 Å². The van der Waals surface area contributed by atoms with Gasteiger partial charge in [-0.15, -0.1) is 0 Å². The highest BCUT2D eigenvalue weighted by Gasteiger charge is 2.12. The quantitative estimate of drug-likeness (QED) is 0.479. The number of carbonyl (C=O) groups is 1. The third-order valence-electron chi connectivity index (χ3n) is 3.68. The number of aromatic nitrogens is 2. The van der Waals surface area contributed by atoms with Crippen LogP contribution >= 0.6 is 11.3 Å². The summed E-state index contributed by atoms with van der Waals surface area (Å²) in [5, 5.41) is 9.78. The summed E-state index contributed by atoms with van der Waals surface area (Å²) in [6.45, 7) is -0.249. The zero-order chi connectivity index (χ0) is 17.8. The second kappa shape index (κ2) is 7.37. The summed E-state index contributed by atoms with van der Waals surface area (Å²) in [6.07, 6.45) is 0. The zero-order valence-electron chi connectivity index (χ0n) is 13.6. The van der Waals surface area contributed by atoms with Gasteiger partial charge in [0.1, 0.15) is 5.75 Å². The molecule has 0 N–H and O–H groups in total. The van der Waals surface area contributed by atoms with Gasteiger partial charge >= 0.3 is 5.97 Å². The van der Waals surface area contributed by atoms with Crippen LogP contribution in [0.4, 0.5) is 0 Å². The Morgan fingerprint density at radius 2 is 2.00 bits per heavy atom. The Bertz CT molecular complexity index is 1030. The number of thiophene rings is 1. The smallest absolute Gasteiger partial charge is 0.344 e. The Morgan fingerprint density at radius 1 is 1.12 bits per heavy atom. The van der Waals surface area contributed by atoms with Crippen molar-refractivity contribution in [1.29, 1.82) is 0 Å². The molecule has 0 atom stereocenters. The first-order valence-electron chi connectivity index (χ1n) is 7.90. The summed E-state index contributed by atoms with van der Waals surface area (Å²) in [6, 6.07) is 15.5. The van der Waals surface area contributed by atoms with Crippen molar-refractivity contribution in [3.63, 3.8) is 0 Å². The summed E-state index contributed by atoms with van der Waals surface area (Å²) in [5.74, 6) is 0.829. The van der Waals surface area contributed by atoms with Crippen LogP contribution in [-0.2, 0) is 16.1 Å².